The molecule has 0 spiro atoms. The summed E-state index contributed by atoms with van der Waals surface area (Å²) in [5.74, 6) is 0.813. The minimum absolute atomic E-state index is 0.0887. The van der Waals surface area contributed by atoms with Gasteiger partial charge in [0.25, 0.3) is 0 Å². The van der Waals surface area contributed by atoms with E-state index in [-0.39, 0.29) is 23.1 Å². The smallest absolute Gasteiger partial charge is 0.238 e. The van der Waals surface area contributed by atoms with Gasteiger partial charge >= 0.3 is 0 Å². The van der Waals surface area contributed by atoms with Crippen molar-refractivity contribution in [2.45, 2.75) is 37.5 Å². The summed E-state index contributed by atoms with van der Waals surface area (Å²) >= 11 is 1.63. The van der Waals surface area contributed by atoms with Crippen molar-refractivity contribution in [2.75, 3.05) is 35.0 Å². The van der Waals surface area contributed by atoms with Gasteiger partial charge in [-0.25, -0.2) is 0 Å². The van der Waals surface area contributed by atoms with Crippen LogP contribution in [0.25, 0.3) is 0 Å². The normalized spacial score (nSPS) is 19.7. The molecule has 4 rings (SSSR count). The molecule has 1 saturated carbocycles. The highest BCUT2D eigenvalue weighted by molar-refractivity contribution is 8.00. The number of amides is 2. The number of nitrogens with zero attached hydrogens (tertiary/aromatic N) is 2. The molecule has 2 amide bonds. The molecule has 2 aromatic carbocycles. The van der Waals surface area contributed by atoms with E-state index in [0.29, 0.717) is 5.75 Å². The van der Waals surface area contributed by atoms with Crippen molar-refractivity contribution in [2.24, 2.45) is 5.92 Å². The lowest BCUT2D eigenvalue weighted by atomic mass is 9.88. The van der Waals surface area contributed by atoms with E-state index >= 15 is 0 Å². The number of benzene rings is 2. The van der Waals surface area contributed by atoms with Gasteiger partial charge in [0.15, 0.2) is 0 Å². The maximum absolute atomic E-state index is 12.7. The number of anilines is 3. The Morgan fingerprint density at radius 1 is 1.07 bits per heavy atom. The zero-order valence-corrected chi connectivity index (χ0v) is 18.5. The Morgan fingerprint density at radius 3 is 2.50 bits per heavy atom. The number of carbonyl (C=O) groups excluding carboxylic acids is 2. The molecule has 1 heterocycles. The first-order chi connectivity index (χ1) is 14.5. The van der Waals surface area contributed by atoms with Crippen molar-refractivity contribution in [3.8, 4) is 0 Å². The van der Waals surface area contributed by atoms with Crippen LogP contribution in [0.4, 0.5) is 17.1 Å². The van der Waals surface area contributed by atoms with E-state index in [9.17, 15) is 9.59 Å². The van der Waals surface area contributed by atoms with Gasteiger partial charge in [-0.15, -0.1) is 11.8 Å². The van der Waals surface area contributed by atoms with Gasteiger partial charge in [0.2, 0.25) is 11.8 Å². The van der Waals surface area contributed by atoms with Crippen molar-refractivity contribution in [3.63, 3.8) is 0 Å². The molecule has 1 N–H and O–H groups in total. The summed E-state index contributed by atoms with van der Waals surface area (Å²) < 4.78 is 0. The maximum Gasteiger partial charge on any atom is 0.238 e. The Bertz CT molecular complexity index is 907. The topological polar surface area (TPSA) is 52.6 Å². The Morgan fingerprint density at radius 2 is 1.80 bits per heavy atom. The second-order valence-electron chi connectivity index (χ2n) is 8.29. The van der Waals surface area contributed by atoms with Gasteiger partial charge in [0.05, 0.1) is 5.75 Å². The van der Waals surface area contributed by atoms with Gasteiger partial charge in [-0.1, -0.05) is 31.4 Å². The Hall–Kier alpha value is -2.47. The standard InChI is InChI=1S/C24H29N3O2S/c1-26(2)20-11-13-21(14-12-20)27-22(28)16-30-24(27)18-9-6-10-19(15-18)25-23(29)17-7-4-3-5-8-17/h6,9-15,17,24H,3-5,7-8,16H2,1-2H3,(H,25,29)/t24-/m0/s1. The van der Waals surface area contributed by atoms with Gasteiger partial charge < -0.3 is 10.2 Å². The van der Waals surface area contributed by atoms with E-state index in [1.54, 1.807) is 11.8 Å². The lowest BCUT2D eigenvalue weighted by Crippen LogP contribution is -2.28. The molecule has 1 aliphatic carbocycles. The van der Waals surface area contributed by atoms with Crippen molar-refractivity contribution in [1.29, 1.82) is 0 Å². The fourth-order valence-corrected chi connectivity index (χ4v) is 5.41. The third kappa shape index (κ3) is 4.48. The predicted molar refractivity (Wildman–Crippen MR) is 125 cm³/mol. The zero-order valence-electron chi connectivity index (χ0n) is 17.6. The van der Waals surface area contributed by atoms with Crippen LogP contribution in [0.3, 0.4) is 0 Å². The molecule has 0 aromatic heterocycles. The fourth-order valence-electron chi connectivity index (χ4n) is 4.24. The van der Waals surface area contributed by atoms with Crippen LogP contribution in [0.15, 0.2) is 48.5 Å². The van der Waals surface area contributed by atoms with Gasteiger partial charge in [-0.2, -0.15) is 0 Å². The van der Waals surface area contributed by atoms with Crippen LogP contribution in [-0.4, -0.2) is 31.7 Å². The summed E-state index contributed by atoms with van der Waals surface area (Å²) in [4.78, 5) is 29.2. The van der Waals surface area contributed by atoms with Crippen LogP contribution < -0.4 is 15.1 Å². The second kappa shape index (κ2) is 9.13. The molecule has 0 radical (unpaired) electrons. The molecular formula is C24H29N3O2S. The Labute approximate surface area is 182 Å². The summed E-state index contributed by atoms with van der Waals surface area (Å²) in [7, 11) is 4.00. The van der Waals surface area contributed by atoms with Crippen molar-refractivity contribution < 1.29 is 9.59 Å². The predicted octanol–water partition coefficient (Wildman–Crippen LogP) is 5.05. The first-order valence-electron chi connectivity index (χ1n) is 10.6. The largest absolute Gasteiger partial charge is 0.378 e. The lowest BCUT2D eigenvalue weighted by molar-refractivity contribution is -0.120. The molecule has 5 nitrogen and oxygen atoms in total. The molecule has 1 atom stereocenters. The molecule has 0 unspecified atom stereocenters. The number of hydrogen-bond donors (Lipinski definition) is 1. The first-order valence-corrected chi connectivity index (χ1v) is 11.7. The Balaban J connectivity index is 1.52. The molecule has 1 saturated heterocycles. The van der Waals surface area contributed by atoms with E-state index < -0.39 is 0 Å². The average molecular weight is 424 g/mol. The van der Waals surface area contributed by atoms with Gasteiger partial charge in [-0.05, 0) is 54.8 Å². The molecule has 2 fully saturated rings. The monoisotopic (exact) mass is 423 g/mol. The van der Waals surface area contributed by atoms with E-state index in [4.69, 9.17) is 0 Å². The van der Waals surface area contributed by atoms with Crippen molar-refractivity contribution in [1.82, 2.24) is 0 Å². The quantitative estimate of drug-likeness (QED) is 0.731. The third-order valence-corrected chi connectivity index (χ3v) is 7.14. The summed E-state index contributed by atoms with van der Waals surface area (Å²) in [6, 6.07) is 16.0. The molecule has 158 valence electrons. The summed E-state index contributed by atoms with van der Waals surface area (Å²) in [6.07, 6.45) is 5.48. The van der Waals surface area contributed by atoms with Crippen LogP contribution in [0.5, 0.6) is 0 Å². The van der Waals surface area contributed by atoms with E-state index in [0.717, 1.165) is 48.3 Å². The van der Waals surface area contributed by atoms with Crippen molar-refractivity contribution >= 4 is 40.6 Å². The van der Waals surface area contributed by atoms with Crippen LogP contribution in [0.1, 0.15) is 43.0 Å². The number of carbonyl (C=O) groups is 2. The molecule has 2 aliphatic rings. The minimum atomic E-state index is -0.0887. The third-order valence-electron chi connectivity index (χ3n) is 5.93. The molecule has 1 aliphatic heterocycles. The summed E-state index contributed by atoms with van der Waals surface area (Å²) in [6.45, 7) is 0. The summed E-state index contributed by atoms with van der Waals surface area (Å²) in [5, 5.41) is 3.02. The van der Waals surface area contributed by atoms with Crippen LogP contribution in [0, 0.1) is 5.92 Å². The number of nitrogens with one attached hydrogen (secondary N) is 1. The number of rotatable bonds is 5. The molecular weight excluding hydrogens is 394 g/mol. The maximum atomic E-state index is 12.7. The highest BCUT2D eigenvalue weighted by Crippen LogP contribution is 2.42. The molecule has 6 heteroatoms. The van der Waals surface area contributed by atoms with Gasteiger partial charge in [-0.3, -0.25) is 14.5 Å². The Kier molecular flexibility index (Phi) is 6.32. The lowest BCUT2D eigenvalue weighted by Gasteiger charge is -2.26. The highest BCUT2D eigenvalue weighted by atomic mass is 32.2. The number of hydrogen-bond acceptors (Lipinski definition) is 4. The van der Waals surface area contributed by atoms with Crippen LogP contribution in [0.2, 0.25) is 0 Å². The summed E-state index contributed by atoms with van der Waals surface area (Å²) in [5.41, 5.74) is 3.84. The SMILES string of the molecule is CN(C)c1ccc(N2C(=O)CS[C@H]2c2cccc(NC(=O)C3CCCCC3)c2)cc1. The minimum Gasteiger partial charge on any atom is -0.378 e. The van der Waals surface area contributed by atoms with E-state index in [2.05, 4.69) is 5.32 Å². The second-order valence-corrected chi connectivity index (χ2v) is 9.36. The fraction of sp³-hybridized carbons (Fsp3) is 0.417. The van der Waals surface area contributed by atoms with E-state index in [1.165, 1.54) is 6.42 Å². The molecule has 0 bridgehead atoms. The van der Waals surface area contributed by atoms with E-state index in [1.807, 2.05) is 72.4 Å². The highest BCUT2D eigenvalue weighted by Gasteiger charge is 2.34. The zero-order chi connectivity index (χ0) is 21.1. The van der Waals surface area contributed by atoms with Gasteiger partial charge in [0, 0.05) is 37.1 Å². The average Bonchev–Trinajstić information content (AvgIpc) is 3.16. The van der Waals surface area contributed by atoms with Crippen LogP contribution in [-0.2, 0) is 9.59 Å². The van der Waals surface area contributed by atoms with Gasteiger partial charge in [0.1, 0.15) is 5.37 Å². The van der Waals surface area contributed by atoms with Crippen molar-refractivity contribution in [3.05, 3.63) is 54.1 Å². The first kappa shape index (κ1) is 20.8. The molecule has 2 aromatic rings. The molecule has 30 heavy (non-hydrogen) atoms. The van der Waals surface area contributed by atoms with Crippen LogP contribution >= 0.6 is 11.8 Å². The number of thioether (sulfide) groups is 1.